The van der Waals surface area contributed by atoms with E-state index in [2.05, 4.69) is 30.4 Å². The Hall–Kier alpha value is -1.62. The van der Waals surface area contributed by atoms with Crippen LogP contribution in [0.15, 0.2) is 36.4 Å². The van der Waals surface area contributed by atoms with Crippen molar-refractivity contribution in [3.8, 4) is 6.07 Å². The third-order valence-electron chi connectivity index (χ3n) is 5.03. The van der Waals surface area contributed by atoms with Crippen LogP contribution in [-0.4, -0.2) is 6.67 Å². The SMILES string of the molecule is N#Cc1ccc(CC[C@H]2CC[C@H](C/C=C/CCCF)CC2)cc1. The van der Waals surface area contributed by atoms with E-state index in [0.29, 0.717) is 6.42 Å². The Morgan fingerprint density at radius 1 is 1.04 bits per heavy atom. The molecule has 0 amide bonds. The van der Waals surface area contributed by atoms with Crippen molar-refractivity contribution in [1.29, 1.82) is 5.26 Å². The zero-order valence-electron chi connectivity index (χ0n) is 14.0. The highest BCUT2D eigenvalue weighted by atomic mass is 19.1. The van der Waals surface area contributed by atoms with Gasteiger partial charge in [-0.1, -0.05) is 37.1 Å². The highest BCUT2D eigenvalue weighted by Crippen LogP contribution is 2.33. The van der Waals surface area contributed by atoms with Crippen molar-refractivity contribution in [3.63, 3.8) is 0 Å². The van der Waals surface area contributed by atoms with Gasteiger partial charge in [0.2, 0.25) is 0 Å². The highest BCUT2D eigenvalue weighted by molar-refractivity contribution is 5.31. The van der Waals surface area contributed by atoms with Crippen molar-refractivity contribution in [1.82, 2.24) is 0 Å². The maximum Gasteiger partial charge on any atom is 0.0991 e. The molecule has 0 aliphatic heterocycles. The van der Waals surface area contributed by atoms with Crippen molar-refractivity contribution in [2.24, 2.45) is 11.8 Å². The molecule has 1 saturated carbocycles. The summed E-state index contributed by atoms with van der Waals surface area (Å²) in [6.45, 7) is -0.200. The number of aryl methyl sites for hydroxylation is 1. The summed E-state index contributed by atoms with van der Waals surface area (Å²) >= 11 is 0. The molecule has 2 heteroatoms. The van der Waals surface area contributed by atoms with Gasteiger partial charge in [0.05, 0.1) is 18.3 Å². The molecule has 0 atom stereocenters. The zero-order chi connectivity index (χ0) is 16.3. The first-order valence-electron chi connectivity index (χ1n) is 9.02. The van der Waals surface area contributed by atoms with E-state index in [1.165, 1.54) is 44.1 Å². The van der Waals surface area contributed by atoms with Crippen molar-refractivity contribution < 1.29 is 4.39 Å². The standard InChI is InChI=1S/C21H28FN/c22-16-4-2-1-3-5-18-6-8-19(9-7-18)10-11-20-12-14-21(17-23)15-13-20/h1,3,12-15,18-19H,2,4-11,16H2/b3-1+/t18-,19-. The summed E-state index contributed by atoms with van der Waals surface area (Å²) in [5.74, 6) is 1.69. The van der Waals surface area contributed by atoms with Gasteiger partial charge in [0.25, 0.3) is 0 Å². The molecule has 1 aromatic carbocycles. The molecule has 23 heavy (non-hydrogen) atoms. The maximum atomic E-state index is 12.0. The largest absolute Gasteiger partial charge is 0.251 e. The highest BCUT2D eigenvalue weighted by Gasteiger charge is 2.20. The van der Waals surface area contributed by atoms with E-state index < -0.39 is 0 Å². The summed E-state index contributed by atoms with van der Waals surface area (Å²) in [5, 5.41) is 8.82. The lowest BCUT2D eigenvalue weighted by atomic mass is 9.78. The molecular weight excluding hydrogens is 285 g/mol. The van der Waals surface area contributed by atoms with Crippen LogP contribution in [0.2, 0.25) is 0 Å². The van der Waals surface area contributed by atoms with Crippen LogP contribution in [-0.2, 0) is 6.42 Å². The van der Waals surface area contributed by atoms with E-state index in [1.807, 2.05) is 12.1 Å². The molecule has 0 bridgehead atoms. The number of nitrogens with zero attached hydrogens (tertiary/aromatic N) is 1. The average molecular weight is 313 g/mol. The monoisotopic (exact) mass is 313 g/mol. The van der Waals surface area contributed by atoms with Gasteiger partial charge in [-0.25, -0.2) is 0 Å². The van der Waals surface area contributed by atoms with Gasteiger partial charge >= 0.3 is 0 Å². The summed E-state index contributed by atoms with van der Waals surface area (Å²) in [5.41, 5.74) is 2.09. The third-order valence-corrected chi connectivity index (χ3v) is 5.03. The molecular formula is C21H28FN. The Labute approximate surface area is 140 Å². The van der Waals surface area contributed by atoms with Crippen molar-refractivity contribution >= 4 is 0 Å². The number of nitriles is 1. The van der Waals surface area contributed by atoms with E-state index >= 15 is 0 Å². The molecule has 0 spiro atoms. The van der Waals surface area contributed by atoms with Crippen LogP contribution in [0.3, 0.4) is 0 Å². The summed E-state index contributed by atoms with van der Waals surface area (Å²) < 4.78 is 12.0. The lowest BCUT2D eigenvalue weighted by molar-refractivity contribution is 0.265. The summed E-state index contributed by atoms with van der Waals surface area (Å²) in [6, 6.07) is 10.2. The van der Waals surface area contributed by atoms with Crippen LogP contribution in [0.4, 0.5) is 4.39 Å². The fraction of sp³-hybridized carbons (Fsp3) is 0.571. The van der Waals surface area contributed by atoms with E-state index in [4.69, 9.17) is 5.26 Å². The van der Waals surface area contributed by atoms with Crippen LogP contribution in [0.1, 0.15) is 62.5 Å². The molecule has 1 aliphatic rings. The molecule has 0 saturated heterocycles. The second kappa shape index (κ2) is 10.2. The number of alkyl halides is 1. The number of hydrogen-bond donors (Lipinski definition) is 0. The van der Waals surface area contributed by atoms with Crippen molar-refractivity contribution in [3.05, 3.63) is 47.5 Å². The zero-order valence-corrected chi connectivity index (χ0v) is 14.0. The first-order valence-corrected chi connectivity index (χ1v) is 9.02. The fourth-order valence-corrected chi connectivity index (χ4v) is 3.47. The minimum Gasteiger partial charge on any atom is -0.251 e. The molecule has 0 unspecified atom stereocenters. The molecule has 124 valence electrons. The third kappa shape index (κ3) is 6.57. The minimum absolute atomic E-state index is 0.200. The van der Waals surface area contributed by atoms with E-state index in [-0.39, 0.29) is 6.67 Å². The first kappa shape index (κ1) is 17.7. The number of halogens is 1. The molecule has 1 aromatic rings. The number of unbranched alkanes of at least 4 members (excludes halogenated alkanes) is 1. The topological polar surface area (TPSA) is 23.8 Å². The summed E-state index contributed by atoms with van der Waals surface area (Å²) in [7, 11) is 0. The Morgan fingerprint density at radius 2 is 1.74 bits per heavy atom. The van der Waals surface area contributed by atoms with Crippen LogP contribution in [0, 0.1) is 23.2 Å². The number of benzene rings is 1. The Bertz CT molecular complexity index is 504. The molecule has 1 fully saturated rings. The quantitative estimate of drug-likeness (QED) is 0.427. The van der Waals surface area contributed by atoms with Crippen LogP contribution in [0.5, 0.6) is 0 Å². The number of rotatable bonds is 8. The molecule has 1 aliphatic carbocycles. The van der Waals surface area contributed by atoms with Gasteiger partial charge in [-0.15, -0.1) is 0 Å². The predicted octanol–water partition coefficient (Wildman–Crippen LogP) is 5.99. The Kier molecular flexibility index (Phi) is 7.87. The molecule has 0 aromatic heterocycles. The second-order valence-electron chi connectivity index (χ2n) is 6.77. The smallest absolute Gasteiger partial charge is 0.0991 e. The maximum absolute atomic E-state index is 12.0. The van der Waals surface area contributed by atoms with Crippen molar-refractivity contribution in [2.45, 2.75) is 57.8 Å². The summed E-state index contributed by atoms with van der Waals surface area (Å²) in [6.07, 6.45) is 14.9. The minimum atomic E-state index is -0.200. The molecule has 1 nitrogen and oxygen atoms in total. The van der Waals surface area contributed by atoms with Gasteiger partial charge < -0.3 is 0 Å². The lowest BCUT2D eigenvalue weighted by Gasteiger charge is -2.28. The van der Waals surface area contributed by atoms with Crippen LogP contribution >= 0.6 is 0 Å². The molecule has 0 heterocycles. The van der Waals surface area contributed by atoms with Gasteiger partial charge in [-0.05, 0) is 74.5 Å². The number of allylic oxidation sites excluding steroid dienone is 2. The molecule has 0 radical (unpaired) electrons. The molecule has 2 rings (SSSR count). The molecule has 0 N–H and O–H groups in total. The van der Waals surface area contributed by atoms with E-state index in [0.717, 1.165) is 30.2 Å². The average Bonchev–Trinajstić information content (AvgIpc) is 2.61. The van der Waals surface area contributed by atoms with Crippen molar-refractivity contribution in [2.75, 3.05) is 6.67 Å². The fourth-order valence-electron chi connectivity index (χ4n) is 3.47. The first-order chi connectivity index (χ1) is 11.3. The second-order valence-corrected chi connectivity index (χ2v) is 6.77. The van der Waals surface area contributed by atoms with Crippen LogP contribution in [0.25, 0.3) is 0 Å². The van der Waals surface area contributed by atoms with E-state index in [1.54, 1.807) is 0 Å². The lowest BCUT2D eigenvalue weighted by Crippen LogP contribution is -2.14. The van der Waals surface area contributed by atoms with Gasteiger partial charge in [-0.2, -0.15) is 5.26 Å². The van der Waals surface area contributed by atoms with E-state index in [9.17, 15) is 4.39 Å². The number of hydrogen-bond acceptors (Lipinski definition) is 1. The van der Waals surface area contributed by atoms with Crippen LogP contribution < -0.4 is 0 Å². The van der Waals surface area contributed by atoms with Gasteiger partial charge in [0, 0.05) is 0 Å². The van der Waals surface area contributed by atoms with Gasteiger partial charge in [-0.3, -0.25) is 4.39 Å². The van der Waals surface area contributed by atoms with Gasteiger partial charge in [0.15, 0.2) is 0 Å². The van der Waals surface area contributed by atoms with Gasteiger partial charge in [0.1, 0.15) is 0 Å². The Balaban J connectivity index is 1.62. The predicted molar refractivity (Wildman–Crippen MR) is 93.9 cm³/mol. The normalized spacial score (nSPS) is 21.4. The Morgan fingerprint density at radius 3 is 2.39 bits per heavy atom. The summed E-state index contributed by atoms with van der Waals surface area (Å²) in [4.78, 5) is 0.